The number of nitrogens with two attached hydrogens (primary N) is 1. The first-order valence-electron chi connectivity index (χ1n) is 10.9. The Hall–Kier alpha value is -4.81. The number of furan rings is 2. The van der Waals surface area contributed by atoms with Crippen molar-refractivity contribution < 1.29 is 27.6 Å². The number of amides is 2. The third kappa shape index (κ3) is 6.74. The molecule has 2 aromatic carbocycles. The Kier molecular flexibility index (Phi) is 8.18. The Morgan fingerprint density at radius 2 is 1.62 bits per heavy atom. The molecule has 0 saturated carbocycles. The molecule has 0 aliphatic rings. The lowest BCUT2D eigenvalue weighted by atomic mass is 10.1. The first-order valence-corrected chi connectivity index (χ1v) is 11.7. The highest BCUT2D eigenvalue weighted by atomic mass is 35.5. The zero-order valence-corrected chi connectivity index (χ0v) is 21.5. The molecule has 0 fully saturated rings. The maximum absolute atomic E-state index is 13.7. The van der Waals surface area contributed by atoms with Gasteiger partial charge in [-0.05, 0) is 60.7 Å². The Morgan fingerprint density at radius 1 is 0.949 bits per heavy atom. The number of hydrogen-bond acceptors (Lipinski definition) is 6. The molecule has 0 atom stereocenters. The Balaban J connectivity index is 1.33. The molecule has 4 rings (SSSR count). The quantitative estimate of drug-likeness (QED) is 0.131. The van der Waals surface area contributed by atoms with Crippen LogP contribution in [0.3, 0.4) is 0 Å². The highest BCUT2D eigenvalue weighted by molar-refractivity contribution is 6.35. The molecule has 0 spiro atoms. The summed E-state index contributed by atoms with van der Waals surface area (Å²) < 4.78 is 29.8. The van der Waals surface area contributed by atoms with Gasteiger partial charge in [0.2, 0.25) is 11.9 Å². The molecule has 11 nitrogen and oxygen atoms in total. The lowest BCUT2D eigenvalue weighted by Crippen LogP contribution is -2.51. The van der Waals surface area contributed by atoms with Crippen molar-refractivity contribution in [3.63, 3.8) is 0 Å². The van der Waals surface area contributed by atoms with Gasteiger partial charge in [0.25, 0.3) is 5.91 Å². The number of guanidine groups is 2. The van der Waals surface area contributed by atoms with Crippen molar-refractivity contribution in [3.8, 4) is 28.4 Å². The van der Waals surface area contributed by atoms with E-state index in [0.717, 1.165) is 0 Å². The number of nitrogens with one attached hydrogen (secondary N) is 4. The molecule has 200 valence electrons. The minimum absolute atomic E-state index is 0.0898. The summed E-state index contributed by atoms with van der Waals surface area (Å²) in [5.74, 6) is -2.47. The van der Waals surface area contributed by atoms with E-state index in [4.69, 9.17) is 47.9 Å². The summed E-state index contributed by atoms with van der Waals surface area (Å²) in [7, 11) is 1.42. The van der Waals surface area contributed by atoms with Crippen molar-refractivity contribution in [2.24, 2.45) is 10.7 Å². The third-order valence-electron chi connectivity index (χ3n) is 5.00. The fourth-order valence-corrected chi connectivity index (χ4v) is 3.83. The fraction of sp³-hybridized carbons (Fsp3) is 0.0400. The van der Waals surface area contributed by atoms with Crippen LogP contribution < -0.4 is 26.6 Å². The number of carbonyl (C=O) groups is 2. The SMILES string of the molecule is COc1ccc(F)cc1-c1ccc(C(=O)N=C(N)NNC(=N)NC(=O)c2ccc(-c3cc(Cl)cc(Cl)c3)o2)o1. The van der Waals surface area contributed by atoms with E-state index in [9.17, 15) is 14.0 Å². The number of hydrazine groups is 1. The number of rotatable bonds is 5. The van der Waals surface area contributed by atoms with Crippen LogP contribution in [0.15, 0.2) is 74.5 Å². The summed E-state index contributed by atoms with van der Waals surface area (Å²) in [5, 5.41) is 10.9. The number of hydrogen-bond donors (Lipinski definition) is 5. The lowest BCUT2D eigenvalue weighted by Gasteiger charge is -2.09. The van der Waals surface area contributed by atoms with Crippen molar-refractivity contribution in [1.82, 2.24) is 16.2 Å². The second-order valence-electron chi connectivity index (χ2n) is 7.71. The number of methoxy groups -OCH3 is 1. The van der Waals surface area contributed by atoms with E-state index in [1.807, 2.05) is 0 Å². The first-order chi connectivity index (χ1) is 18.6. The summed E-state index contributed by atoms with van der Waals surface area (Å²) in [6.07, 6.45) is 0. The summed E-state index contributed by atoms with van der Waals surface area (Å²) in [5.41, 5.74) is 11.1. The Morgan fingerprint density at radius 3 is 2.33 bits per heavy atom. The average molecular weight is 573 g/mol. The van der Waals surface area contributed by atoms with Gasteiger partial charge in [-0.2, -0.15) is 4.99 Å². The topological polar surface area (TPSA) is 168 Å². The molecule has 2 heterocycles. The van der Waals surface area contributed by atoms with E-state index in [2.05, 4.69) is 21.2 Å². The summed E-state index contributed by atoms with van der Waals surface area (Å²) >= 11 is 12.0. The van der Waals surface area contributed by atoms with Gasteiger partial charge in [0.15, 0.2) is 11.5 Å². The maximum Gasteiger partial charge on any atom is 0.315 e. The van der Waals surface area contributed by atoms with Crippen LogP contribution in [-0.4, -0.2) is 30.8 Å². The van der Waals surface area contributed by atoms with Gasteiger partial charge in [-0.25, -0.2) is 4.39 Å². The number of halogens is 3. The molecule has 0 unspecified atom stereocenters. The largest absolute Gasteiger partial charge is 0.496 e. The highest BCUT2D eigenvalue weighted by Crippen LogP contribution is 2.32. The predicted octanol–water partition coefficient (Wildman–Crippen LogP) is 4.57. The molecule has 0 radical (unpaired) electrons. The van der Waals surface area contributed by atoms with Crippen LogP contribution in [0.4, 0.5) is 4.39 Å². The van der Waals surface area contributed by atoms with Crippen molar-refractivity contribution in [3.05, 3.63) is 88.0 Å². The zero-order valence-electron chi connectivity index (χ0n) is 20.0. The number of ether oxygens (including phenoxy) is 1. The van der Waals surface area contributed by atoms with Crippen molar-refractivity contribution in [1.29, 1.82) is 5.41 Å². The van der Waals surface area contributed by atoms with Gasteiger partial charge in [-0.3, -0.25) is 31.2 Å². The molecule has 2 aromatic heterocycles. The molecular weight excluding hydrogens is 554 g/mol. The lowest BCUT2D eigenvalue weighted by molar-refractivity contribution is 0.0946. The van der Waals surface area contributed by atoms with Gasteiger partial charge >= 0.3 is 5.91 Å². The first kappa shape index (κ1) is 27.2. The van der Waals surface area contributed by atoms with Crippen LogP contribution >= 0.6 is 23.2 Å². The van der Waals surface area contributed by atoms with Gasteiger partial charge in [0, 0.05) is 15.6 Å². The number of nitrogens with zero attached hydrogens (tertiary/aromatic N) is 1. The normalized spacial score (nSPS) is 11.1. The van der Waals surface area contributed by atoms with E-state index in [-0.39, 0.29) is 17.3 Å². The zero-order chi connectivity index (χ0) is 28.1. The van der Waals surface area contributed by atoms with Crippen molar-refractivity contribution in [2.45, 2.75) is 0 Å². The van der Waals surface area contributed by atoms with Crippen LogP contribution in [0.1, 0.15) is 21.1 Å². The van der Waals surface area contributed by atoms with Crippen molar-refractivity contribution in [2.75, 3.05) is 7.11 Å². The van der Waals surface area contributed by atoms with Gasteiger partial charge in [0.1, 0.15) is 23.1 Å². The third-order valence-corrected chi connectivity index (χ3v) is 5.43. The molecule has 0 saturated heterocycles. The molecule has 0 bridgehead atoms. The number of aliphatic imine (C=N–C) groups is 1. The molecule has 4 aromatic rings. The van der Waals surface area contributed by atoms with E-state index in [1.165, 1.54) is 43.5 Å². The molecule has 14 heteroatoms. The summed E-state index contributed by atoms with van der Waals surface area (Å²) in [6, 6.07) is 14.4. The maximum atomic E-state index is 13.7. The van der Waals surface area contributed by atoms with Gasteiger partial charge in [-0.15, -0.1) is 0 Å². The van der Waals surface area contributed by atoms with Crippen LogP contribution in [0, 0.1) is 11.2 Å². The van der Waals surface area contributed by atoms with Crippen LogP contribution in [0.5, 0.6) is 5.75 Å². The molecule has 6 N–H and O–H groups in total. The molecular formula is C25H19Cl2FN6O5. The monoisotopic (exact) mass is 572 g/mol. The number of benzene rings is 2. The molecule has 39 heavy (non-hydrogen) atoms. The van der Waals surface area contributed by atoms with E-state index in [1.54, 1.807) is 24.3 Å². The number of carbonyl (C=O) groups excluding carboxylic acids is 2. The molecule has 2 amide bonds. The second kappa shape index (κ2) is 11.7. The predicted molar refractivity (Wildman–Crippen MR) is 142 cm³/mol. The summed E-state index contributed by atoms with van der Waals surface area (Å²) in [6.45, 7) is 0. The Bertz CT molecular complexity index is 1580. The fourth-order valence-electron chi connectivity index (χ4n) is 3.31. The second-order valence-corrected chi connectivity index (χ2v) is 8.58. The van der Waals surface area contributed by atoms with Crippen LogP contribution in [0.2, 0.25) is 10.0 Å². The van der Waals surface area contributed by atoms with Gasteiger partial charge in [0.05, 0.1) is 12.7 Å². The highest BCUT2D eigenvalue weighted by Gasteiger charge is 2.17. The molecule has 0 aliphatic heterocycles. The summed E-state index contributed by atoms with van der Waals surface area (Å²) in [4.78, 5) is 28.4. The van der Waals surface area contributed by atoms with Crippen LogP contribution in [0.25, 0.3) is 22.6 Å². The minimum atomic E-state index is -0.858. The van der Waals surface area contributed by atoms with Crippen LogP contribution in [-0.2, 0) is 0 Å². The van der Waals surface area contributed by atoms with Crippen molar-refractivity contribution >= 4 is 46.9 Å². The van der Waals surface area contributed by atoms with E-state index in [0.29, 0.717) is 32.7 Å². The van der Waals surface area contributed by atoms with Gasteiger partial charge < -0.3 is 19.3 Å². The minimum Gasteiger partial charge on any atom is -0.496 e. The van der Waals surface area contributed by atoms with Gasteiger partial charge in [-0.1, -0.05) is 23.2 Å². The van der Waals surface area contributed by atoms with E-state index < -0.39 is 29.6 Å². The average Bonchev–Trinajstić information content (AvgIpc) is 3.58. The smallest absolute Gasteiger partial charge is 0.315 e. The van der Waals surface area contributed by atoms with E-state index >= 15 is 0 Å². The molecule has 0 aliphatic carbocycles. The Labute approximate surface area is 230 Å². The standard InChI is InChI=1S/C25H19Cl2FN6O5/c1-37-18-3-2-15(28)11-16(18)19-5-7-21(39-19)23(36)32-25(30)34-33-24(29)31-22(35)20-6-4-17(38-20)12-8-13(26)10-14(27)9-12/h2-11H,1H3,(H3,29,31,33,35)(H3,30,32,34,36).